The van der Waals surface area contributed by atoms with Crippen molar-refractivity contribution in [3.05, 3.63) is 29.9 Å². The highest BCUT2D eigenvalue weighted by Crippen LogP contribution is 2.17. The van der Waals surface area contributed by atoms with Crippen LogP contribution in [0.3, 0.4) is 0 Å². The van der Waals surface area contributed by atoms with Gasteiger partial charge < -0.3 is 0 Å². The highest BCUT2D eigenvalue weighted by Gasteiger charge is 2.08. The van der Waals surface area contributed by atoms with E-state index in [1.54, 1.807) is 0 Å². The van der Waals surface area contributed by atoms with E-state index in [4.69, 9.17) is 0 Å². The normalized spacial score (nSPS) is 11.4. The zero-order valence-corrected chi connectivity index (χ0v) is 20.2. The number of rotatable bonds is 10. The smallest absolute Gasteiger partial charge is 0.0729 e. The second kappa shape index (κ2) is 10.3. The number of nitrogens with zero attached hydrogens (tertiary/aromatic N) is 4. The summed E-state index contributed by atoms with van der Waals surface area (Å²) in [4.78, 5) is 0. The molecule has 0 bridgehead atoms. The lowest BCUT2D eigenvalue weighted by atomic mass is 10.1. The number of halogens is 2. The van der Waals surface area contributed by atoms with Crippen molar-refractivity contribution in [3.63, 3.8) is 0 Å². The van der Waals surface area contributed by atoms with E-state index in [1.807, 2.05) is 0 Å². The molecular weight excluding hydrogens is 538 g/mol. The topological polar surface area (TPSA) is 35.6 Å². The first kappa shape index (κ1) is 21.2. The minimum Gasteiger partial charge on any atom is -0.269 e. The molecule has 6 heteroatoms. The van der Waals surface area contributed by atoms with Crippen molar-refractivity contribution < 1.29 is 0 Å². The average molecular weight is 568 g/mol. The molecule has 25 heavy (non-hydrogen) atoms. The Morgan fingerprint density at radius 1 is 0.600 bits per heavy atom. The Morgan fingerprint density at radius 2 is 0.920 bits per heavy atom. The van der Waals surface area contributed by atoms with Crippen LogP contribution < -0.4 is 0 Å². The van der Waals surface area contributed by atoms with Crippen LogP contribution in [0, 0.1) is 34.8 Å². The number of hydrogen-bond acceptors (Lipinski definition) is 2. The fraction of sp³-hybridized carbons (Fsp3) is 0.684. The van der Waals surface area contributed by atoms with Crippen molar-refractivity contribution in [2.45, 2.75) is 85.7 Å². The predicted molar refractivity (Wildman–Crippen MR) is 121 cm³/mol. The quantitative estimate of drug-likeness (QED) is 0.262. The van der Waals surface area contributed by atoms with Gasteiger partial charge in [0.05, 0.1) is 18.5 Å². The van der Waals surface area contributed by atoms with Crippen molar-refractivity contribution in [1.29, 1.82) is 0 Å². The summed E-state index contributed by atoms with van der Waals surface area (Å²) in [7, 11) is 0. The summed E-state index contributed by atoms with van der Waals surface area (Å²) in [5.41, 5.74) is 4.96. The standard InChI is InChI=1S/C19H30I2N4/c1-14-18(20)16(3)24(22-14)12-10-8-6-5-7-9-11-13-25-17(4)19(21)15(2)23-25/h5-13H2,1-4H3. The molecule has 140 valence electrons. The van der Waals surface area contributed by atoms with E-state index in [0.29, 0.717) is 0 Å². The van der Waals surface area contributed by atoms with E-state index < -0.39 is 0 Å². The zero-order chi connectivity index (χ0) is 18.4. The van der Waals surface area contributed by atoms with Crippen LogP contribution in [0.25, 0.3) is 0 Å². The summed E-state index contributed by atoms with van der Waals surface area (Å²) < 4.78 is 6.98. The Kier molecular flexibility index (Phi) is 8.71. The average Bonchev–Trinajstić information content (AvgIpc) is 2.98. The van der Waals surface area contributed by atoms with Crippen molar-refractivity contribution >= 4 is 45.2 Å². The molecule has 0 N–H and O–H groups in total. The lowest BCUT2D eigenvalue weighted by Gasteiger charge is -2.06. The van der Waals surface area contributed by atoms with Gasteiger partial charge in [0.2, 0.25) is 0 Å². The third-order valence-corrected chi connectivity index (χ3v) is 7.95. The molecule has 2 rings (SSSR count). The van der Waals surface area contributed by atoms with Gasteiger partial charge in [0, 0.05) is 24.5 Å². The Bertz CT molecular complexity index is 630. The van der Waals surface area contributed by atoms with Gasteiger partial charge in [-0.15, -0.1) is 0 Å². The monoisotopic (exact) mass is 568 g/mol. The Hall–Kier alpha value is -0.120. The number of unbranched alkanes of at least 4 members (excludes halogenated alkanes) is 6. The molecule has 0 atom stereocenters. The van der Waals surface area contributed by atoms with Crippen LogP contribution in [0.5, 0.6) is 0 Å². The van der Waals surface area contributed by atoms with Gasteiger partial charge in [-0.3, -0.25) is 9.36 Å². The highest BCUT2D eigenvalue weighted by molar-refractivity contribution is 14.1. The zero-order valence-electron chi connectivity index (χ0n) is 15.9. The van der Waals surface area contributed by atoms with Crippen LogP contribution in [0.2, 0.25) is 0 Å². The van der Waals surface area contributed by atoms with Crippen LogP contribution >= 0.6 is 45.2 Å². The second-order valence-electron chi connectivity index (χ2n) is 6.89. The predicted octanol–water partition coefficient (Wildman–Crippen LogP) is 5.95. The Morgan fingerprint density at radius 3 is 1.20 bits per heavy atom. The summed E-state index contributed by atoms with van der Waals surface area (Å²) in [6, 6.07) is 0. The lowest BCUT2D eigenvalue weighted by molar-refractivity contribution is 0.494. The maximum Gasteiger partial charge on any atom is 0.0729 e. The van der Waals surface area contributed by atoms with E-state index in [9.17, 15) is 0 Å². The third-order valence-electron chi connectivity index (χ3n) is 4.83. The SMILES string of the molecule is Cc1nn(CCCCCCCCCn2nc(C)c(I)c2C)c(C)c1I. The van der Waals surface area contributed by atoms with Gasteiger partial charge in [-0.1, -0.05) is 32.1 Å². The maximum absolute atomic E-state index is 4.61. The van der Waals surface area contributed by atoms with Crippen molar-refractivity contribution in [3.8, 4) is 0 Å². The molecule has 0 unspecified atom stereocenters. The van der Waals surface area contributed by atoms with Crippen LogP contribution in [0.15, 0.2) is 0 Å². The molecule has 0 spiro atoms. The molecule has 0 saturated heterocycles. The Balaban J connectivity index is 1.52. The van der Waals surface area contributed by atoms with Gasteiger partial charge in [-0.25, -0.2) is 0 Å². The lowest BCUT2D eigenvalue weighted by Crippen LogP contribution is -2.03. The number of hydrogen-bond donors (Lipinski definition) is 0. The number of aromatic nitrogens is 4. The molecule has 4 nitrogen and oxygen atoms in total. The maximum atomic E-state index is 4.61. The van der Waals surface area contributed by atoms with Gasteiger partial charge in [0.25, 0.3) is 0 Å². The highest BCUT2D eigenvalue weighted by atomic mass is 127. The molecule has 0 fully saturated rings. The number of aryl methyl sites for hydroxylation is 4. The fourth-order valence-electron chi connectivity index (χ4n) is 3.19. The molecular formula is C19H30I2N4. The van der Waals surface area contributed by atoms with E-state index in [2.05, 4.69) is 92.4 Å². The van der Waals surface area contributed by atoms with Gasteiger partial charge in [-0.05, 0) is 85.7 Å². The van der Waals surface area contributed by atoms with Crippen molar-refractivity contribution in [2.75, 3.05) is 0 Å². The molecule has 0 radical (unpaired) electrons. The second-order valence-corrected chi connectivity index (χ2v) is 9.05. The molecule has 0 saturated carbocycles. The summed E-state index contributed by atoms with van der Waals surface area (Å²) in [5, 5.41) is 9.22. The fourth-order valence-corrected chi connectivity index (χ4v) is 3.97. The minimum atomic E-state index is 1.06. The van der Waals surface area contributed by atoms with Crippen LogP contribution in [0.4, 0.5) is 0 Å². The summed E-state index contributed by atoms with van der Waals surface area (Å²) in [6.07, 6.45) is 9.13. The molecule has 2 heterocycles. The first-order valence-electron chi connectivity index (χ1n) is 9.30. The van der Waals surface area contributed by atoms with Gasteiger partial charge in [0.1, 0.15) is 0 Å². The van der Waals surface area contributed by atoms with Gasteiger partial charge in [0.15, 0.2) is 0 Å². The molecule has 0 aliphatic carbocycles. The van der Waals surface area contributed by atoms with Gasteiger partial charge >= 0.3 is 0 Å². The summed E-state index contributed by atoms with van der Waals surface area (Å²) >= 11 is 4.79. The van der Waals surface area contributed by atoms with E-state index in [1.165, 1.54) is 63.5 Å². The summed E-state index contributed by atoms with van der Waals surface area (Å²) in [5.74, 6) is 0. The van der Waals surface area contributed by atoms with Crippen molar-refractivity contribution in [2.24, 2.45) is 0 Å². The third kappa shape index (κ3) is 5.94. The molecule has 0 aliphatic heterocycles. The Labute approximate surface area is 179 Å². The molecule has 2 aromatic rings. The van der Waals surface area contributed by atoms with E-state index >= 15 is 0 Å². The van der Waals surface area contributed by atoms with Gasteiger partial charge in [-0.2, -0.15) is 10.2 Å². The van der Waals surface area contributed by atoms with Crippen LogP contribution in [0.1, 0.15) is 67.7 Å². The van der Waals surface area contributed by atoms with E-state index in [-0.39, 0.29) is 0 Å². The van der Waals surface area contributed by atoms with E-state index in [0.717, 1.165) is 24.5 Å². The van der Waals surface area contributed by atoms with Crippen LogP contribution in [-0.2, 0) is 13.1 Å². The van der Waals surface area contributed by atoms with Crippen molar-refractivity contribution in [1.82, 2.24) is 19.6 Å². The molecule has 0 amide bonds. The van der Waals surface area contributed by atoms with Crippen LogP contribution in [-0.4, -0.2) is 19.6 Å². The minimum absolute atomic E-state index is 1.06. The summed E-state index contributed by atoms with van der Waals surface area (Å²) in [6.45, 7) is 10.7. The first-order valence-corrected chi connectivity index (χ1v) is 11.5. The first-order chi connectivity index (χ1) is 11.9. The molecule has 0 aromatic carbocycles. The largest absolute Gasteiger partial charge is 0.269 e. The molecule has 2 aromatic heterocycles. The molecule has 0 aliphatic rings.